The van der Waals surface area contributed by atoms with Gasteiger partial charge in [0.25, 0.3) is 10.1 Å². The number of aliphatic imine (C=N–C) groups is 2. The predicted molar refractivity (Wildman–Crippen MR) is 177 cm³/mol. The fourth-order valence-corrected chi connectivity index (χ4v) is 4.18. The average Bonchev–Trinajstić information content (AvgIpc) is 3.47. The molecule has 0 amide bonds. The number of ether oxygens (including phenoxy) is 1. The fourth-order valence-electron chi connectivity index (χ4n) is 4.18. The topological polar surface area (TPSA) is 179 Å². The highest BCUT2D eigenvalue weighted by atomic mass is 32.2. The molecule has 0 atom stereocenters. The Morgan fingerprint density at radius 3 is 1.76 bits per heavy atom. The van der Waals surface area contributed by atoms with Gasteiger partial charge in [-0.1, -0.05) is 12.1 Å². The van der Waals surface area contributed by atoms with E-state index >= 15 is 0 Å². The van der Waals surface area contributed by atoms with Crippen LogP contribution in [0.5, 0.6) is 5.75 Å². The van der Waals surface area contributed by atoms with Crippen LogP contribution in [0.4, 0.5) is 11.4 Å². The monoisotopic (exact) mass is 626 g/mol. The Kier molecular flexibility index (Phi) is 10.4. The highest BCUT2D eigenvalue weighted by molar-refractivity contribution is 7.85. The SMILES string of the molecule is CS(=O)(=O)O.Cc1cc(N=C(N)c2ccccn2)ccc1-c1ccc(-c2ccc(N=C(N)c3ccccn3)cc2OC(C)C)o1. The molecule has 12 heteroatoms. The molecule has 0 aliphatic heterocycles. The van der Waals surface area contributed by atoms with E-state index in [9.17, 15) is 8.42 Å². The Morgan fingerprint density at radius 2 is 1.29 bits per heavy atom. The molecule has 0 unspecified atom stereocenters. The van der Waals surface area contributed by atoms with E-state index in [0.29, 0.717) is 46.5 Å². The summed E-state index contributed by atoms with van der Waals surface area (Å²) in [5.41, 5.74) is 17.8. The molecule has 3 heterocycles. The van der Waals surface area contributed by atoms with Gasteiger partial charge in [-0.3, -0.25) is 14.5 Å². The zero-order valence-corrected chi connectivity index (χ0v) is 26.1. The second kappa shape index (κ2) is 14.4. The second-order valence-electron chi connectivity index (χ2n) is 10.2. The number of hydrogen-bond acceptors (Lipinski definition) is 8. The first-order valence-electron chi connectivity index (χ1n) is 13.8. The van der Waals surface area contributed by atoms with E-state index in [0.717, 1.165) is 28.1 Å². The lowest BCUT2D eigenvalue weighted by molar-refractivity contribution is 0.243. The molecule has 0 fully saturated rings. The van der Waals surface area contributed by atoms with Crippen molar-refractivity contribution in [1.82, 2.24) is 9.97 Å². The first-order valence-corrected chi connectivity index (χ1v) is 15.7. The zero-order valence-electron chi connectivity index (χ0n) is 25.2. The fraction of sp³-hybridized carbons (Fsp3) is 0.152. The molecular formula is C33H34N6O5S. The molecule has 2 aromatic carbocycles. The third-order valence-corrected chi connectivity index (χ3v) is 6.03. The number of pyridine rings is 2. The number of aromatic nitrogens is 2. The van der Waals surface area contributed by atoms with Gasteiger partial charge in [-0.05, 0) is 93.1 Å². The van der Waals surface area contributed by atoms with Gasteiger partial charge in [0.1, 0.15) is 40.3 Å². The Labute approximate surface area is 262 Å². The molecular weight excluding hydrogens is 592 g/mol. The van der Waals surface area contributed by atoms with E-state index in [2.05, 4.69) is 20.0 Å². The third kappa shape index (κ3) is 9.58. The molecule has 3 aromatic heterocycles. The molecule has 5 aromatic rings. The van der Waals surface area contributed by atoms with Crippen LogP contribution in [0.15, 0.2) is 112 Å². The van der Waals surface area contributed by atoms with Crippen molar-refractivity contribution in [1.29, 1.82) is 0 Å². The number of benzene rings is 2. The molecule has 45 heavy (non-hydrogen) atoms. The van der Waals surface area contributed by atoms with E-state index in [1.807, 2.05) is 106 Å². The van der Waals surface area contributed by atoms with Crippen LogP contribution in [0.3, 0.4) is 0 Å². The summed E-state index contributed by atoms with van der Waals surface area (Å²) in [6.45, 7) is 5.96. The smallest absolute Gasteiger partial charge is 0.261 e. The molecule has 0 saturated carbocycles. The van der Waals surface area contributed by atoms with Gasteiger partial charge in [-0.25, -0.2) is 9.98 Å². The van der Waals surface area contributed by atoms with Crippen molar-refractivity contribution in [2.45, 2.75) is 26.9 Å². The van der Waals surface area contributed by atoms with E-state index < -0.39 is 10.1 Å². The summed E-state index contributed by atoms with van der Waals surface area (Å²) in [5, 5.41) is 0. The Morgan fingerprint density at radius 1 is 0.800 bits per heavy atom. The van der Waals surface area contributed by atoms with Gasteiger partial charge in [0.15, 0.2) is 0 Å². The lowest BCUT2D eigenvalue weighted by Gasteiger charge is -2.14. The molecule has 0 aliphatic rings. The van der Waals surface area contributed by atoms with Crippen LogP contribution in [-0.2, 0) is 10.1 Å². The van der Waals surface area contributed by atoms with Crippen LogP contribution in [0.2, 0.25) is 0 Å². The van der Waals surface area contributed by atoms with Gasteiger partial charge in [0, 0.05) is 24.0 Å². The average molecular weight is 627 g/mol. The van der Waals surface area contributed by atoms with Crippen molar-refractivity contribution >= 4 is 33.2 Å². The normalized spacial score (nSPS) is 12.0. The quantitative estimate of drug-likeness (QED) is 0.105. The van der Waals surface area contributed by atoms with Crippen LogP contribution in [-0.4, -0.2) is 47.0 Å². The third-order valence-electron chi connectivity index (χ3n) is 6.03. The summed E-state index contributed by atoms with van der Waals surface area (Å²) in [6.07, 6.45) is 4.04. The van der Waals surface area contributed by atoms with E-state index in [1.165, 1.54) is 0 Å². The second-order valence-corrected chi connectivity index (χ2v) is 11.6. The lowest BCUT2D eigenvalue weighted by Crippen LogP contribution is -2.14. The van der Waals surface area contributed by atoms with Crippen molar-refractivity contribution in [3.63, 3.8) is 0 Å². The molecule has 0 bridgehead atoms. The van der Waals surface area contributed by atoms with Crippen LogP contribution in [0, 0.1) is 6.92 Å². The molecule has 0 saturated heterocycles. The molecule has 11 nitrogen and oxygen atoms in total. The molecule has 0 spiro atoms. The summed E-state index contributed by atoms with van der Waals surface area (Å²) in [7, 11) is -3.67. The summed E-state index contributed by atoms with van der Waals surface area (Å²) < 4.78 is 38.3. The van der Waals surface area contributed by atoms with Gasteiger partial charge in [-0.2, -0.15) is 8.42 Å². The minimum Gasteiger partial charge on any atom is -0.490 e. The Balaban J connectivity index is 0.000000854. The van der Waals surface area contributed by atoms with Gasteiger partial charge in [-0.15, -0.1) is 0 Å². The number of aryl methyl sites for hydroxylation is 1. The Bertz CT molecular complexity index is 1910. The number of hydrogen-bond donors (Lipinski definition) is 3. The zero-order chi connectivity index (χ0) is 32.6. The van der Waals surface area contributed by atoms with Gasteiger partial charge in [0.2, 0.25) is 0 Å². The van der Waals surface area contributed by atoms with Gasteiger partial charge < -0.3 is 20.6 Å². The number of rotatable bonds is 8. The van der Waals surface area contributed by atoms with Gasteiger partial charge >= 0.3 is 0 Å². The van der Waals surface area contributed by atoms with Crippen molar-refractivity contribution in [3.8, 4) is 28.4 Å². The van der Waals surface area contributed by atoms with Crippen LogP contribution in [0.1, 0.15) is 30.8 Å². The number of furan rings is 1. The number of nitrogens with zero attached hydrogens (tertiary/aromatic N) is 4. The first-order chi connectivity index (χ1) is 21.4. The molecule has 0 radical (unpaired) electrons. The van der Waals surface area contributed by atoms with Crippen molar-refractivity contribution in [3.05, 3.63) is 114 Å². The molecule has 0 aliphatic carbocycles. The lowest BCUT2D eigenvalue weighted by atomic mass is 10.1. The number of amidine groups is 2. The summed E-state index contributed by atoms with van der Waals surface area (Å²) in [5.74, 6) is 2.75. The summed E-state index contributed by atoms with van der Waals surface area (Å²) >= 11 is 0. The largest absolute Gasteiger partial charge is 0.490 e. The van der Waals surface area contributed by atoms with Crippen molar-refractivity contribution in [2.75, 3.05) is 6.26 Å². The highest BCUT2D eigenvalue weighted by Gasteiger charge is 2.15. The standard InChI is InChI=1S/C32H30N6O2.CH4O3S/c1-20(2)39-30-19-23(38-32(34)27-9-5-7-17-36-27)11-13-25(30)29-15-14-28(40-29)24-12-10-22(18-21(24)3)37-31(33)26-8-4-6-16-35-26;1-5(2,3)4/h4-20H,1-3H3,(H2,33,37)(H2,34,38);1H3,(H,2,3,4). The minimum absolute atomic E-state index is 0.0468. The van der Waals surface area contributed by atoms with E-state index in [1.54, 1.807) is 12.4 Å². The highest BCUT2D eigenvalue weighted by Crippen LogP contribution is 2.38. The number of nitrogens with two attached hydrogens (primary N) is 2. The molecule has 5 rings (SSSR count). The summed E-state index contributed by atoms with van der Waals surface area (Å²) in [4.78, 5) is 17.6. The molecule has 5 N–H and O–H groups in total. The van der Waals surface area contributed by atoms with E-state index in [4.69, 9.17) is 25.2 Å². The van der Waals surface area contributed by atoms with Crippen molar-refractivity contribution < 1.29 is 22.1 Å². The van der Waals surface area contributed by atoms with Crippen LogP contribution < -0.4 is 16.2 Å². The van der Waals surface area contributed by atoms with Crippen LogP contribution >= 0.6 is 0 Å². The maximum atomic E-state index is 9.19. The van der Waals surface area contributed by atoms with Gasteiger partial charge in [0.05, 0.1) is 29.3 Å². The van der Waals surface area contributed by atoms with Crippen molar-refractivity contribution in [2.24, 2.45) is 21.5 Å². The Hall–Kier alpha value is -5.33. The first kappa shape index (κ1) is 32.6. The molecule has 232 valence electrons. The maximum absolute atomic E-state index is 9.19. The van der Waals surface area contributed by atoms with Crippen LogP contribution in [0.25, 0.3) is 22.6 Å². The van der Waals surface area contributed by atoms with E-state index in [-0.39, 0.29) is 6.10 Å². The maximum Gasteiger partial charge on any atom is 0.261 e. The predicted octanol–water partition coefficient (Wildman–Crippen LogP) is 6.08. The summed E-state index contributed by atoms with van der Waals surface area (Å²) in [6, 6.07) is 26.5. The minimum atomic E-state index is -3.67.